The average molecular weight is 149 g/mol. The van der Waals surface area contributed by atoms with Gasteiger partial charge in [-0.1, -0.05) is 0 Å². The second kappa shape index (κ2) is 10.8. The number of rotatable bonds is 3. The first kappa shape index (κ1) is 11.7. The quantitative estimate of drug-likeness (QED) is 0.551. The fourth-order valence-electron chi connectivity index (χ4n) is 0.226. The topological polar surface area (TPSA) is 78.6 Å². The highest BCUT2D eigenvalue weighted by Gasteiger charge is 1.88. The first-order chi connectivity index (χ1) is 4.77. The van der Waals surface area contributed by atoms with Crippen LogP contribution >= 0.6 is 0 Å². The second-order valence-corrected chi connectivity index (χ2v) is 1.16. The van der Waals surface area contributed by atoms with Gasteiger partial charge in [0, 0.05) is 7.11 Å². The molecule has 0 rings (SSSR count). The summed E-state index contributed by atoms with van der Waals surface area (Å²) in [6.45, 7) is 2.62. The molecule has 0 aliphatic heterocycles. The largest absolute Gasteiger partial charge is 0.447 e. The van der Waals surface area contributed by atoms with Crippen molar-refractivity contribution < 1.29 is 19.1 Å². The molecule has 0 atom stereocenters. The van der Waals surface area contributed by atoms with E-state index in [1.165, 1.54) is 7.11 Å². The summed E-state index contributed by atoms with van der Waals surface area (Å²) in [5.74, 6) is 0. The van der Waals surface area contributed by atoms with Crippen molar-refractivity contribution in [1.29, 1.82) is 0 Å². The maximum absolute atomic E-state index is 9.82. The standard InChI is InChI=1S/C4H9NO3.CH2O/c1-7-2-3-8-4(5)6;1-2/h2-3H2,1H3,(H2,5,6);1H2. The molecule has 1 amide bonds. The number of carbonyl (C=O) groups is 2. The molecular weight excluding hydrogens is 138 g/mol. The molecule has 0 aromatic rings. The molecule has 0 heterocycles. The number of ether oxygens (including phenoxy) is 2. The molecule has 0 radical (unpaired) electrons. The number of hydrogen-bond acceptors (Lipinski definition) is 4. The number of nitrogens with two attached hydrogens (primary N) is 1. The second-order valence-electron chi connectivity index (χ2n) is 1.16. The smallest absolute Gasteiger partial charge is 0.404 e. The zero-order valence-corrected chi connectivity index (χ0v) is 5.83. The maximum Gasteiger partial charge on any atom is 0.404 e. The lowest BCUT2D eigenvalue weighted by Crippen LogP contribution is -2.15. The van der Waals surface area contributed by atoms with Crippen molar-refractivity contribution in [2.75, 3.05) is 20.3 Å². The molecule has 0 unspecified atom stereocenters. The van der Waals surface area contributed by atoms with Crippen molar-refractivity contribution in [2.45, 2.75) is 0 Å². The van der Waals surface area contributed by atoms with Gasteiger partial charge in [0.25, 0.3) is 0 Å². The monoisotopic (exact) mass is 149 g/mol. The van der Waals surface area contributed by atoms with Crippen LogP contribution in [0.4, 0.5) is 4.79 Å². The van der Waals surface area contributed by atoms with Crippen LogP contribution in [0.5, 0.6) is 0 Å². The van der Waals surface area contributed by atoms with Crippen LogP contribution < -0.4 is 5.73 Å². The van der Waals surface area contributed by atoms with Crippen LogP contribution in [-0.2, 0) is 14.3 Å². The summed E-state index contributed by atoms with van der Waals surface area (Å²) in [5.41, 5.74) is 4.62. The highest BCUT2D eigenvalue weighted by Crippen LogP contribution is 1.72. The third-order valence-corrected chi connectivity index (χ3v) is 0.532. The van der Waals surface area contributed by atoms with Gasteiger partial charge in [0.1, 0.15) is 13.4 Å². The van der Waals surface area contributed by atoms with Crippen molar-refractivity contribution in [1.82, 2.24) is 0 Å². The Bertz CT molecular complexity index is 85.7. The van der Waals surface area contributed by atoms with Gasteiger partial charge < -0.3 is 20.0 Å². The Morgan fingerprint density at radius 2 is 2.00 bits per heavy atom. The molecule has 0 saturated heterocycles. The van der Waals surface area contributed by atoms with E-state index in [1.54, 1.807) is 0 Å². The predicted molar refractivity (Wildman–Crippen MR) is 34.5 cm³/mol. The summed E-state index contributed by atoms with van der Waals surface area (Å²) >= 11 is 0. The highest BCUT2D eigenvalue weighted by molar-refractivity contribution is 5.64. The minimum atomic E-state index is -0.762. The van der Waals surface area contributed by atoms with Gasteiger partial charge in [-0.05, 0) is 0 Å². The van der Waals surface area contributed by atoms with E-state index in [0.717, 1.165) is 0 Å². The van der Waals surface area contributed by atoms with E-state index >= 15 is 0 Å². The molecule has 0 spiro atoms. The minimum absolute atomic E-state index is 0.228. The molecule has 10 heavy (non-hydrogen) atoms. The molecule has 60 valence electrons. The van der Waals surface area contributed by atoms with Crippen LogP contribution in [0.25, 0.3) is 0 Å². The number of carbonyl (C=O) groups excluding carboxylic acids is 2. The van der Waals surface area contributed by atoms with E-state index in [1.807, 2.05) is 6.79 Å². The van der Waals surface area contributed by atoms with Crippen molar-refractivity contribution in [3.63, 3.8) is 0 Å². The van der Waals surface area contributed by atoms with Crippen molar-refractivity contribution in [3.05, 3.63) is 0 Å². The number of hydrogen-bond donors (Lipinski definition) is 1. The molecule has 0 aromatic heterocycles. The lowest BCUT2D eigenvalue weighted by Gasteiger charge is -1.96. The van der Waals surface area contributed by atoms with Crippen LogP contribution in [0.15, 0.2) is 0 Å². The van der Waals surface area contributed by atoms with E-state index in [9.17, 15) is 4.79 Å². The van der Waals surface area contributed by atoms with Crippen molar-refractivity contribution in [2.24, 2.45) is 5.73 Å². The fourth-order valence-corrected chi connectivity index (χ4v) is 0.226. The van der Waals surface area contributed by atoms with Crippen molar-refractivity contribution in [3.8, 4) is 0 Å². The SMILES string of the molecule is C=O.COCCOC(N)=O. The molecule has 2 N–H and O–H groups in total. The fraction of sp³-hybridized carbons (Fsp3) is 0.600. The van der Waals surface area contributed by atoms with Crippen LogP contribution in [0.2, 0.25) is 0 Å². The zero-order valence-electron chi connectivity index (χ0n) is 5.83. The Hall–Kier alpha value is -1.10. The van der Waals surface area contributed by atoms with Gasteiger partial charge in [0.2, 0.25) is 0 Å². The number of amides is 1. The van der Waals surface area contributed by atoms with E-state index in [2.05, 4.69) is 15.2 Å². The molecule has 0 saturated carbocycles. The Morgan fingerprint density at radius 3 is 2.30 bits per heavy atom. The summed E-state index contributed by atoms with van der Waals surface area (Å²) in [7, 11) is 1.52. The normalized spacial score (nSPS) is 7.30. The summed E-state index contributed by atoms with van der Waals surface area (Å²) in [6, 6.07) is 0. The molecule has 0 aliphatic rings. The highest BCUT2D eigenvalue weighted by atomic mass is 16.6. The van der Waals surface area contributed by atoms with Gasteiger partial charge >= 0.3 is 6.09 Å². The Kier molecular flexibility index (Phi) is 12.6. The van der Waals surface area contributed by atoms with Crippen LogP contribution in [-0.4, -0.2) is 33.2 Å². The third kappa shape index (κ3) is 15.8. The van der Waals surface area contributed by atoms with Gasteiger partial charge in [-0.3, -0.25) is 0 Å². The first-order valence-electron chi connectivity index (χ1n) is 2.47. The summed E-state index contributed by atoms with van der Waals surface area (Å²) in [4.78, 5) is 17.8. The van der Waals surface area contributed by atoms with E-state index in [4.69, 9.17) is 4.79 Å². The molecular formula is C5H11NO4. The Morgan fingerprint density at radius 1 is 1.50 bits per heavy atom. The molecule has 0 aliphatic carbocycles. The van der Waals surface area contributed by atoms with Gasteiger partial charge in [0.15, 0.2) is 0 Å². The Labute approximate surface area is 59.1 Å². The summed E-state index contributed by atoms with van der Waals surface area (Å²) < 4.78 is 8.86. The van der Waals surface area contributed by atoms with E-state index in [-0.39, 0.29) is 6.61 Å². The molecule has 0 aromatic carbocycles. The molecule has 0 fully saturated rings. The molecule has 5 heteroatoms. The van der Waals surface area contributed by atoms with Crippen LogP contribution in [0.3, 0.4) is 0 Å². The van der Waals surface area contributed by atoms with Gasteiger partial charge in [-0.15, -0.1) is 0 Å². The van der Waals surface area contributed by atoms with Gasteiger partial charge in [-0.25, -0.2) is 4.79 Å². The van der Waals surface area contributed by atoms with E-state index < -0.39 is 6.09 Å². The summed E-state index contributed by atoms with van der Waals surface area (Å²) in [5, 5.41) is 0. The van der Waals surface area contributed by atoms with Crippen LogP contribution in [0, 0.1) is 0 Å². The number of methoxy groups -OCH3 is 1. The van der Waals surface area contributed by atoms with Gasteiger partial charge in [-0.2, -0.15) is 0 Å². The van der Waals surface area contributed by atoms with E-state index in [0.29, 0.717) is 6.61 Å². The average Bonchev–Trinajstić information content (AvgIpc) is 1.92. The molecule has 5 nitrogen and oxygen atoms in total. The minimum Gasteiger partial charge on any atom is -0.447 e. The lowest BCUT2D eigenvalue weighted by molar-refractivity contribution is -0.0979. The number of primary amides is 1. The van der Waals surface area contributed by atoms with Gasteiger partial charge in [0.05, 0.1) is 6.61 Å². The lowest BCUT2D eigenvalue weighted by atomic mass is 10.8. The first-order valence-corrected chi connectivity index (χ1v) is 2.47. The third-order valence-electron chi connectivity index (χ3n) is 0.532. The molecule has 0 bridgehead atoms. The van der Waals surface area contributed by atoms with Crippen LogP contribution in [0.1, 0.15) is 0 Å². The summed E-state index contributed by atoms with van der Waals surface area (Å²) in [6.07, 6.45) is -0.762. The maximum atomic E-state index is 9.82. The zero-order chi connectivity index (χ0) is 8.41. The predicted octanol–water partition coefficient (Wildman–Crippen LogP) is -0.457. The van der Waals surface area contributed by atoms with Crippen molar-refractivity contribution >= 4 is 12.9 Å². The Balaban J connectivity index is 0.